The van der Waals surface area contributed by atoms with Crippen molar-refractivity contribution in [2.75, 3.05) is 6.61 Å². The first-order chi connectivity index (χ1) is 9.46. The summed E-state index contributed by atoms with van der Waals surface area (Å²) in [5.41, 5.74) is 2.64. The molecule has 0 radical (unpaired) electrons. The van der Waals surface area contributed by atoms with Crippen molar-refractivity contribution in [3.8, 4) is 11.5 Å². The summed E-state index contributed by atoms with van der Waals surface area (Å²) in [6, 6.07) is 1.50. The molecule has 1 N–H and O–H groups in total. The lowest BCUT2D eigenvalue weighted by molar-refractivity contribution is 0.354. The molecule has 1 heterocycles. The van der Waals surface area contributed by atoms with Crippen molar-refractivity contribution in [3.63, 3.8) is 0 Å². The summed E-state index contributed by atoms with van der Waals surface area (Å²) in [4.78, 5) is 0. The van der Waals surface area contributed by atoms with Gasteiger partial charge in [0.05, 0.1) is 6.61 Å². The minimum absolute atomic E-state index is 0.0740. The van der Waals surface area contributed by atoms with Crippen LogP contribution in [0.2, 0.25) is 0 Å². The van der Waals surface area contributed by atoms with Crippen LogP contribution in [-0.4, -0.2) is 19.6 Å². The second-order valence-electron chi connectivity index (χ2n) is 4.40. The first kappa shape index (κ1) is 14.6. The fourth-order valence-corrected chi connectivity index (χ4v) is 2.76. The molecule has 1 aliphatic rings. The molecular weight excluding hydrogens is 280 g/mol. The quantitative estimate of drug-likeness (QED) is 0.644. The van der Waals surface area contributed by atoms with E-state index in [-0.39, 0.29) is 5.75 Å². The topological polar surface area (TPSA) is 72.8 Å². The van der Waals surface area contributed by atoms with E-state index in [9.17, 15) is 8.42 Å². The standard InChI is InChI=1S/C14H16O5S/c1-3-5-10-11(6-4-2)14(19-20(15,16)17)9-13-12(10)7-8-18-13/h3-4,9H,1-2,5-8H2,(H,15,16,17). The molecule has 20 heavy (non-hydrogen) atoms. The van der Waals surface area contributed by atoms with Gasteiger partial charge < -0.3 is 8.92 Å². The maximum absolute atomic E-state index is 11.0. The molecule has 1 aromatic carbocycles. The molecule has 5 nitrogen and oxygen atoms in total. The molecule has 6 heteroatoms. The lowest BCUT2D eigenvalue weighted by Gasteiger charge is -2.15. The minimum Gasteiger partial charge on any atom is -0.493 e. The van der Waals surface area contributed by atoms with Crippen LogP contribution >= 0.6 is 0 Å². The Hall–Kier alpha value is -1.79. The first-order valence-electron chi connectivity index (χ1n) is 6.15. The number of rotatable bonds is 6. The summed E-state index contributed by atoms with van der Waals surface area (Å²) < 4.78 is 41.0. The third kappa shape index (κ3) is 3.02. The van der Waals surface area contributed by atoms with Gasteiger partial charge in [0.2, 0.25) is 0 Å². The van der Waals surface area contributed by atoms with E-state index in [2.05, 4.69) is 17.3 Å². The molecule has 1 aliphatic heterocycles. The van der Waals surface area contributed by atoms with E-state index >= 15 is 0 Å². The average Bonchev–Trinajstić information content (AvgIpc) is 2.79. The highest BCUT2D eigenvalue weighted by Gasteiger charge is 2.24. The molecule has 0 spiro atoms. The van der Waals surface area contributed by atoms with Crippen molar-refractivity contribution in [3.05, 3.63) is 48.1 Å². The van der Waals surface area contributed by atoms with Gasteiger partial charge in [0.15, 0.2) is 5.75 Å². The molecule has 0 aliphatic carbocycles. The van der Waals surface area contributed by atoms with Crippen molar-refractivity contribution in [1.82, 2.24) is 0 Å². The minimum atomic E-state index is -4.58. The number of hydrogen-bond donors (Lipinski definition) is 1. The second-order valence-corrected chi connectivity index (χ2v) is 5.43. The van der Waals surface area contributed by atoms with E-state index in [0.29, 0.717) is 30.8 Å². The third-order valence-electron chi connectivity index (χ3n) is 3.09. The lowest BCUT2D eigenvalue weighted by Crippen LogP contribution is -2.10. The Morgan fingerprint density at radius 3 is 2.55 bits per heavy atom. The van der Waals surface area contributed by atoms with Crippen molar-refractivity contribution in [2.24, 2.45) is 0 Å². The van der Waals surface area contributed by atoms with Gasteiger partial charge in [-0.05, 0) is 18.4 Å². The summed E-state index contributed by atoms with van der Waals surface area (Å²) in [5, 5.41) is 0. The van der Waals surface area contributed by atoms with Crippen molar-refractivity contribution >= 4 is 10.4 Å². The van der Waals surface area contributed by atoms with E-state index in [0.717, 1.165) is 17.5 Å². The predicted octanol–water partition coefficient (Wildman–Crippen LogP) is 2.26. The van der Waals surface area contributed by atoms with Gasteiger partial charge in [0, 0.05) is 23.6 Å². The van der Waals surface area contributed by atoms with Gasteiger partial charge in [-0.1, -0.05) is 12.2 Å². The lowest BCUT2D eigenvalue weighted by atomic mass is 9.93. The Labute approximate surface area is 118 Å². The largest absolute Gasteiger partial charge is 0.493 e. The number of allylic oxidation sites excluding steroid dienone is 2. The maximum atomic E-state index is 11.0. The van der Waals surface area contributed by atoms with Crippen LogP contribution in [0, 0.1) is 0 Å². The van der Waals surface area contributed by atoms with Gasteiger partial charge >= 0.3 is 10.4 Å². The monoisotopic (exact) mass is 296 g/mol. The van der Waals surface area contributed by atoms with Crippen LogP contribution < -0.4 is 8.92 Å². The van der Waals surface area contributed by atoms with Gasteiger partial charge in [0.25, 0.3) is 0 Å². The highest BCUT2D eigenvalue weighted by atomic mass is 32.3. The molecule has 0 amide bonds. The number of ether oxygens (including phenoxy) is 1. The predicted molar refractivity (Wildman–Crippen MR) is 75.6 cm³/mol. The smallest absolute Gasteiger partial charge is 0.446 e. The third-order valence-corrected chi connectivity index (χ3v) is 3.48. The van der Waals surface area contributed by atoms with E-state index < -0.39 is 10.4 Å². The van der Waals surface area contributed by atoms with E-state index in [1.165, 1.54) is 6.07 Å². The molecule has 1 aromatic rings. The van der Waals surface area contributed by atoms with Crippen molar-refractivity contribution in [1.29, 1.82) is 0 Å². The molecule has 0 saturated carbocycles. The molecule has 108 valence electrons. The van der Waals surface area contributed by atoms with E-state index in [4.69, 9.17) is 9.29 Å². The number of hydrogen-bond acceptors (Lipinski definition) is 4. The Balaban J connectivity index is 2.63. The van der Waals surface area contributed by atoms with Crippen LogP contribution in [0.3, 0.4) is 0 Å². The highest BCUT2D eigenvalue weighted by Crippen LogP contribution is 2.38. The number of benzene rings is 1. The molecule has 0 atom stereocenters. The van der Waals surface area contributed by atoms with Crippen LogP contribution in [0.4, 0.5) is 0 Å². The molecule has 0 saturated heterocycles. The van der Waals surface area contributed by atoms with Crippen LogP contribution in [0.1, 0.15) is 16.7 Å². The zero-order valence-corrected chi connectivity index (χ0v) is 11.8. The summed E-state index contributed by atoms with van der Waals surface area (Å²) >= 11 is 0. The maximum Gasteiger partial charge on any atom is 0.446 e. The summed E-state index contributed by atoms with van der Waals surface area (Å²) in [5.74, 6) is 0.665. The van der Waals surface area contributed by atoms with Gasteiger partial charge in [-0.2, -0.15) is 8.42 Å². The van der Waals surface area contributed by atoms with Crippen LogP contribution in [-0.2, 0) is 29.7 Å². The van der Waals surface area contributed by atoms with Gasteiger partial charge in [-0.25, -0.2) is 0 Å². The SMILES string of the molecule is C=CCc1c(OS(=O)(=O)O)cc2c(c1CC=C)CCO2. The fraction of sp³-hybridized carbons (Fsp3) is 0.286. The Morgan fingerprint density at radius 1 is 1.30 bits per heavy atom. The van der Waals surface area contributed by atoms with Gasteiger partial charge in [-0.15, -0.1) is 13.2 Å². The average molecular weight is 296 g/mol. The molecule has 0 unspecified atom stereocenters. The zero-order chi connectivity index (χ0) is 14.8. The van der Waals surface area contributed by atoms with E-state index in [1.807, 2.05) is 0 Å². The number of fused-ring (bicyclic) bond motifs is 1. The molecule has 0 bridgehead atoms. The molecular formula is C14H16O5S. The molecule has 0 aromatic heterocycles. The Morgan fingerprint density at radius 2 is 1.95 bits per heavy atom. The zero-order valence-electron chi connectivity index (χ0n) is 11.0. The first-order valence-corrected chi connectivity index (χ1v) is 7.52. The summed E-state index contributed by atoms with van der Waals surface area (Å²) in [6.45, 7) is 7.92. The van der Waals surface area contributed by atoms with Crippen LogP contribution in [0.5, 0.6) is 11.5 Å². The molecule has 0 fully saturated rings. The van der Waals surface area contributed by atoms with Gasteiger partial charge in [0.1, 0.15) is 5.75 Å². The fourth-order valence-electron chi connectivity index (χ4n) is 2.39. The highest BCUT2D eigenvalue weighted by molar-refractivity contribution is 7.81. The van der Waals surface area contributed by atoms with E-state index in [1.54, 1.807) is 12.2 Å². The Kier molecular flexibility index (Phi) is 4.15. The van der Waals surface area contributed by atoms with Crippen molar-refractivity contribution in [2.45, 2.75) is 19.3 Å². The van der Waals surface area contributed by atoms with Gasteiger partial charge in [-0.3, -0.25) is 4.55 Å². The normalized spacial score (nSPS) is 13.4. The molecule has 2 rings (SSSR count). The summed E-state index contributed by atoms with van der Waals surface area (Å²) in [6.07, 6.45) is 5.15. The van der Waals surface area contributed by atoms with Crippen LogP contribution in [0.25, 0.3) is 0 Å². The van der Waals surface area contributed by atoms with Crippen LogP contribution in [0.15, 0.2) is 31.4 Å². The van der Waals surface area contributed by atoms with Crippen molar-refractivity contribution < 1.29 is 21.9 Å². The Bertz CT molecular complexity index is 646. The summed E-state index contributed by atoms with van der Waals surface area (Å²) in [7, 11) is -4.58. The second kappa shape index (κ2) is 5.68.